The predicted molar refractivity (Wildman–Crippen MR) is 120 cm³/mol. The maximum Gasteiger partial charge on any atom is 0.268 e. The third kappa shape index (κ3) is 3.85. The van der Waals surface area contributed by atoms with Crippen LogP contribution in [0.3, 0.4) is 0 Å². The van der Waals surface area contributed by atoms with E-state index >= 15 is 0 Å². The first kappa shape index (κ1) is 20.9. The molecule has 0 atom stereocenters. The Morgan fingerprint density at radius 2 is 1.70 bits per heavy atom. The van der Waals surface area contributed by atoms with Gasteiger partial charge in [-0.3, -0.25) is 4.90 Å². The van der Waals surface area contributed by atoms with Crippen LogP contribution in [0.5, 0.6) is 5.75 Å². The number of benzene rings is 2. The number of hydrogen-bond donors (Lipinski definition) is 0. The number of aromatic nitrogens is 1. The molecule has 6 nitrogen and oxygen atoms in total. The molecule has 0 bridgehead atoms. The molecule has 3 aromatic rings. The van der Waals surface area contributed by atoms with Crippen molar-refractivity contribution < 1.29 is 13.2 Å². The van der Waals surface area contributed by atoms with Gasteiger partial charge in [0.15, 0.2) is 0 Å². The average Bonchev–Trinajstić information content (AvgIpc) is 3.08. The van der Waals surface area contributed by atoms with Crippen LogP contribution >= 0.6 is 0 Å². The molecule has 0 saturated carbocycles. The molecule has 7 heteroatoms. The Balaban J connectivity index is 1.70. The lowest BCUT2D eigenvalue weighted by Crippen LogP contribution is -2.44. The minimum absolute atomic E-state index is 0.324. The number of hydrogen-bond acceptors (Lipinski definition) is 5. The normalized spacial score (nSPS) is 16.3. The van der Waals surface area contributed by atoms with Crippen LogP contribution in [0, 0.1) is 13.8 Å². The van der Waals surface area contributed by atoms with Gasteiger partial charge < -0.3 is 9.64 Å². The Labute approximate surface area is 178 Å². The first-order chi connectivity index (χ1) is 14.3. The summed E-state index contributed by atoms with van der Waals surface area (Å²) in [5, 5.41) is 0.877. The molecule has 160 valence electrons. The van der Waals surface area contributed by atoms with Crippen molar-refractivity contribution in [2.45, 2.75) is 25.3 Å². The van der Waals surface area contributed by atoms with Crippen molar-refractivity contribution in [2.24, 2.45) is 0 Å². The third-order valence-electron chi connectivity index (χ3n) is 6.04. The van der Waals surface area contributed by atoms with E-state index in [4.69, 9.17) is 4.74 Å². The van der Waals surface area contributed by atoms with E-state index in [2.05, 4.69) is 16.8 Å². The molecule has 0 aliphatic carbocycles. The Kier molecular flexibility index (Phi) is 5.61. The molecular formula is C23H29N3O3S. The van der Waals surface area contributed by atoms with E-state index in [1.54, 1.807) is 31.5 Å². The molecular weight excluding hydrogens is 398 g/mol. The summed E-state index contributed by atoms with van der Waals surface area (Å²) < 4.78 is 33.7. The summed E-state index contributed by atoms with van der Waals surface area (Å²) in [7, 11) is 0.0392. The first-order valence-corrected chi connectivity index (χ1v) is 11.7. The molecule has 4 rings (SSSR count). The zero-order chi connectivity index (χ0) is 21.5. The van der Waals surface area contributed by atoms with Gasteiger partial charge in [-0.05, 0) is 67.9 Å². The van der Waals surface area contributed by atoms with Crippen molar-refractivity contribution >= 4 is 20.9 Å². The molecule has 1 aliphatic heterocycles. The quantitative estimate of drug-likeness (QED) is 0.626. The van der Waals surface area contributed by atoms with Gasteiger partial charge in [-0.1, -0.05) is 6.07 Å². The molecule has 1 aromatic heterocycles. The summed E-state index contributed by atoms with van der Waals surface area (Å²) in [4.78, 5) is 5.03. The zero-order valence-electron chi connectivity index (χ0n) is 18.1. The lowest BCUT2D eigenvalue weighted by Gasteiger charge is -2.32. The van der Waals surface area contributed by atoms with E-state index in [9.17, 15) is 8.42 Å². The van der Waals surface area contributed by atoms with Gasteiger partial charge in [-0.25, -0.2) is 12.4 Å². The highest BCUT2D eigenvalue weighted by atomic mass is 32.2. The second-order valence-corrected chi connectivity index (χ2v) is 9.98. The van der Waals surface area contributed by atoms with Crippen LogP contribution in [0.2, 0.25) is 0 Å². The number of ether oxygens (including phenoxy) is 1. The highest BCUT2D eigenvalue weighted by Gasteiger charge is 2.22. The van der Waals surface area contributed by atoms with E-state index in [0.717, 1.165) is 54.8 Å². The first-order valence-electron chi connectivity index (χ1n) is 10.2. The minimum atomic E-state index is -3.70. The van der Waals surface area contributed by atoms with Crippen LogP contribution in [-0.2, 0) is 16.6 Å². The highest BCUT2D eigenvalue weighted by Crippen LogP contribution is 2.29. The fraction of sp³-hybridized carbons (Fsp3) is 0.391. The molecule has 0 N–H and O–H groups in total. The number of fused-ring (bicyclic) bond motifs is 1. The Morgan fingerprint density at radius 3 is 2.40 bits per heavy atom. The number of piperazine rings is 1. The molecule has 1 aliphatic rings. The summed E-state index contributed by atoms with van der Waals surface area (Å²) in [5.74, 6) is 0.713. The van der Waals surface area contributed by atoms with Crippen molar-refractivity contribution in [3.8, 4) is 5.75 Å². The van der Waals surface area contributed by atoms with E-state index in [1.807, 2.05) is 32.0 Å². The number of likely N-dealkylation sites (N-methyl/N-ethyl adjacent to an activating group) is 1. The van der Waals surface area contributed by atoms with Crippen molar-refractivity contribution in [1.82, 2.24) is 13.8 Å². The average molecular weight is 428 g/mol. The number of rotatable bonds is 5. The fourth-order valence-corrected chi connectivity index (χ4v) is 5.48. The molecule has 30 heavy (non-hydrogen) atoms. The second kappa shape index (κ2) is 8.06. The standard InChI is InChI=1S/C23H29N3O3S/c1-17-5-7-21(13-19(17)16-25-11-9-24(3)10-12-25)30(27,28)26-15-18(2)22-14-20(29-4)6-8-23(22)26/h5-8,13-15H,9-12,16H2,1-4H3. The van der Waals surface area contributed by atoms with E-state index < -0.39 is 10.0 Å². The molecule has 0 amide bonds. The van der Waals surface area contributed by atoms with Gasteiger partial charge >= 0.3 is 0 Å². The zero-order valence-corrected chi connectivity index (χ0v) is 18.9. The predicted octanol–water partition coefficient (Wildman–Crippen LogP) is 3.25. The van der Waals surface area contributed by atoms with Crippen molar-refractivity contribution in [1.29, 1.82) is 0 Å². The van der Waals surface area contributed by atoms with Crippen molar-refractivity contribution in [3.63, 3.8) is 0 Å². The molecule has 0 unspecified atom stereocenters. The van der Waals surface area contributed by atoms with Gasteiger partial charge in [0, 0.05) is 44.3 Å². The van der Waals surface area contributed by atoms with Gasteiger partial charge in [0.1, 0.15) is 5.75 Å². The lowest BCUT2D eigenvalue weighted by atomic mass is 10.1. The van der Waals surface area contributed by atoms with E-state index in [-0.39, 0.29) is 0 Å². The number of nitrogens with zero attached hydrogens (tertiary/aromatic N) is 3. The Morgan fingerprint density at radius 1 is 0.967 bits per heavy atom. The molecule has 2 heterocycles. The monoisotopic (exact) mass is 427 g/mol. The summed E-state index contributed by atoms with van der Waals surface area (Å²) in [5.41, 5.74) is 3.74. The number of methoxy groups -OCH3 is 1. The van der Waals surface area contributed by atoms with Crippen LogP contribution in [0.4, 0.5) is 0 Å². The van der Waals surface area contributed by atoms with Gasteiger partial charge in [0.25, 0.3) is 10.0 Å². The van der Waals surface area contributed by atoms with Crippen LogP contribution in [0.1, 0.15) is 16.7 Å². The van der Waals surface area contributed by atoms with Crippen LogP contribution in [-0.4, -0.2) is 62.5 Å². The van der Waals surface area contributed by atoms with Crippen LogP contribution in [0.15, 0.2) is 47.5 Å². The SMILES string of the molecule is COc1ccc2c(c1)c(C)cn2S(=O)(=O)c1ccc(C)c(CN2CCN(C)CC2)c1. The summed E-state index contributed by atoms with van der Waals surface area (Å²) in [6.45, 7) is 8.80. The molecule has 0 spiro atoms. The maximum atomic E-state index is 13.5. The second-order valence-electron chi connectivity index (χ2n) is 8.16. The Hall–Kier alpha value is -2.35. The molecule has 1 saturated heterocycles. The van der Waals surface area contributed by atoms with Crippen molar-refractivity contribution in [2.75, 3.05) is 40.3 Å². The minimum Gasteiger partial charge on any atom is -0.497 e. The number of aryl methyl sites for hydroxylation is 2. The van der Waals surface area contributed by atoms with Gasteiger partial charge in [0.05, 0.1) is 17.5 Å². The van der Waals surface area contributed by atoms with Gasteiger partial charge in [0.2, 0.25) is 0 Å². The van der Waals surface area contributed by atoms with E-state index in [1.165, 1.54) is 3.97 Å². The summed E-state index contributed by atoms with van der Waals surface area (Å²) in [6, 6.07) is 10.9. The largest absolute Gasteiger partial charge is 0.497 e. The fourth-order valence-electron chi connectivity index (χ4n) is 4.00. The van der Waals surface area contributed by atoms with Gasteiger partial charge in [-0.2, -0.15) is 0 Å². The van der Waals surface area contributed by atoms with Crippen LogP contribution in [0.25, 0.3) is 10.9 Å². The highest BCUT2D eigenvalue weighted by molar-refractivity contribution is 7.90. The summed E-state index contributed by atoms with van der Waals surface area (Å²) in [6.07, 6.45) is 1.69. The van der Waals surface area contributed by atoms with Crippen molar-refractivity contribution in [3.05, 3.63) is 59.3 Å². The molecule has 1 fully saturated rings. The lowest BCUT2D eigenvalue weighted by molar-refractivity contribution is 0.148. The van der Waals surface area contributed by atoms with E-state index in [0.29, 0.717) is 16.2 Å². The summed E-state index contributed by atoms with van der Waals surface area (Å²) >= 11 is 0. The smallest absolute Gasteiger partial charge is 0.268 e. The maximum absolute atomic E-state index is 13.5. The third-order valence-corrected chi connectivity index (χ3v) is 7.71. The topological polar surface area (TPSA) is 54.8 Å². The molecule has 0 radical (unpaired) electrons. The molecule has 2 aromatic carbocycles. The van der Waals surface area contributed by atoms with Crippen LogP contribution < -0.4 is 4.74 Å². The Bertz CT molecular complexity index is 1180. The van der Waals surface area contributed by atoms with Gasteiger partial charge in [-0.15, -0.1) is 0 Å².